The molecule has 3 N–H and O–H groups in total. The molecular formula is C21H34N6O2. The van der Waals surface area contributed by atoms with Gasteiger partial charge in [-0.1, -0.05) is 0 Å². The molecule has 1 saturated heterocycles. The lowest BCUT2D eigenvalue weighted by atomic mass is 9.87. The zero-order chi connectivity index (χ0) is 19.6. The number of nitrogens with zero attached hydrogens (tertiary/aromatic N) is 3. The van der Waals surface area contributed by atoms with Gasteiger partial charge in [-0.3, -0.25) is 4.90 Å². The van der Waals surface area contributed by atoms with Crippen LogP contribution >= 0.6 is 0 Å². The van der Waals surface area contributed by atoms with Crippen LogP contribution in [-0.2, 0) is 9.47 Å². The molecule has 0 unspecified atom stereocenters. The van der Waals surface area contributed by atoms with Crippen LogP contribution in [0.15, 0.2) is 28.2 Å². The molecule has 160 valence electrons. The summed E-state index contributed by atoms with van der Waals surface area (Å²) in [4.78, 5) is 9.75. The number of hydrazine groups is 1. The first-order chi connectivity index (χ1) is 14.3. The average Bonchev–Trinajstić information content (AvgIpc) is 3.54. The van der Waals surface area contributed by atoms with E-state index in [0.717, 1.165) is 57.3 Å². The normalized spacial score (nSPS) is 32.7. The van der Waals surface area contributed by atoms with Gasteiger partial charge in [0.25, 0.3) is 0 Å². The molecule has 0 aromatic carbocycles. The number of allylic oxidation sites excluding steroid dienone is 1. The Balaban J connectivity index is 1.21. The first kappa shape index (κ1) is 19.4. The molecule has 5 rings (SSSR count). The largest absolute Gasteiger partial charge is 0.382 e. The van der Waals surface area contributed by atoms with Gasteiger partial charge in [0.2, 0.25) is 0 Å². The van der Waals surface area contributed by atoms with Crippen LogP contribution in [-0.4, -0.2) is 86.9 Å². The molecule has 3 aliphatic heterocycles. The molecule has 0 aromatic heterocycles. The van der Waals surface area contributed by atoms with Gasteiger partial charge in [0.1, 0.15) is 5.82 Å². The SMILES string of the molecule is COCCO[C@H]1CCC2=C(C1)[C@H]([C@H]1C=C(N3CCN(C4CC4)CC3)N=CN1)NN2. The minimum atomic E-state index is 0.196. The minimum Gasteiger partial charge on any atom is -0.382 e. The Hall–Kier alpha value is -1.61. The Morgan fingerprint density at radius 3 is 2.79 bits per heavy atom. The van der Waals surface area contributed by atoms with Crippen molar-refractivity contribution < 1.29 is 9.47 Å². The first-order valence-corrected chi connectivity index (χ1v) is 11.1. The molecule has 2 fully saturated rings. The van der Waals surface area contributed by atoms with Crippen LogP contribution in [0, 0.1) is 0 Å². The summed E-state index contributed by atoms with van der Waals surface area (Å²) in [6.07, 6.45) is 10.3. The maximum absolute atomic E-state index is 6.03. The van der Waals surface area contributed by atoms with Crippen molar-refractivity contribution in [2.45, 2.75) is 56.3 Å². The number of nitrogens with one attached hydrogen (secondary N) is 3. The molecule has 8 heteroatoms. The monoisotopic (exact) mass is 402 g/mol. The van der Waals surface area contributed by atoms with Crippen LogP contribution in [0.3, 0.4) is 0 Å². The smallest absolute Gasteiger partial charge is 0.128 e. The lowest BCUT2D eigenvalue weighted by Crippen LogP contribution is -2.51. The van der Waals surface area contributed by atoms with Gasteiger partial charge in [0, 0.05) is 45.0 Å². The van der Waals surface area contributed by atoms with E-state index in [0.29, 0.717) is 13.2 Å². The van der Waals surface area contributed by atoms with Crippen molar-refractivity contribution >= 4 is 6.34 Å². The average molecular weight is 403 g/mol. The second-order valence-corrected chi connectivity index (χ2v) is 8.71. The van der Waals surface area contributed by atoms with Crippen molar-refractivity contribution in [2.24, 2.45) is 4.99 Å². The second kappa shape index (κ2) is 8.63. The maximum atomic E-state index is 6.03. The van der Waals surface area contributed by atoms with Gasteiger partial charge in [-0.05, 0) is 43.8 Å². The highest BCUT2D eigenvalue weighted by Crippen LogP contribution is 2.33. The quantitative estimate of drug-likeness (QED) is 0.537. The van der Waals surface area contributed by atoms with Crippen molar-refractivity contribution in [3.8, 4) is 0 Å². The highest BCUT2D eigenvalue weighted by atomic mass is 16.5. The van der Waals surface area contributed by atoms with Gasteiger partial charge in [-0.15, -0.1) is 0 Å². The summed E-state index contributed by atoms with van der Waals surface area (Å²) in [5.74, 6) is 1.11. The second-order valence-electron chi connectivity index (χ2n) is 8.71. The van der Waals surface area contributed by atoms with Crippen LogP contribution in [0.5, 0.6) is 0 Å². The van der Waals surface area contributed by atoms with Gasteiger partial charge in [-0.25, -0.2) is 10.4 Å². The van der Waals surface area contributed by atoms with Crippen LogP contribution in [0.2, 0.25) is 0 Å². The van der Waals surface area contributed by atoms with Crippen LogP contribution < -0.4 is 16.2 Å². The third kappa shape index (κ3) is 4.30. The maximum Gasteiger partial charge on any atom is 0.128 e. The fourth-order valence-electron chi connectivity index (χ4n) is 4.97. The number of rotatable bonds is 7. The predicted octanol–water partition coefficient (Wildman–Crippen LogP) is 0.554. The van der Waals surface area contributed by atoms with E-state index in [9.17, 15) is 0 Å². The van der Waals surface area contributed by atoms with E-state index in [-0.39, 0.29) is 18.2 Å². The van der Waals surface area contributed by atoms with Crippen LogP contribution in [0.1, 0.15) is 32.1 Å². The number of aliphatic imine (C=N–C) groups is 1. The predicted molar refractivity (Wildman–Crippen MR) is 112 cm³/mol. The Morgan fingerprint density at radius 2 is 2.00 bits per heavy atom. The summed E-state index contributed by atoms with van der Waals surface area (Å²) < 4.78 is 11.2. The molecule has 5 aliphatic rings. The van der Waals surface area contributed by atoms with Gasteiger partial charge in [0.15, 0.2) is 0 Å². The Labute approximate surface area is 173 Å². The van der Waals surface area contributed by atoms with E-state index in [1.54, 1.807) is 7.11 Å². The van der Waals surface area contributed by atoms with Crippen molar-refractivity contribution in [3.63, 3.8) is 0 Å². The van der Waals surface area contributed by atoms with E-state index in [1.807, 2.05) is 6.34 Å². The van der Waals surface area contributed by atoms with Gasteiger partial charge < -0.3 is 25.1 Å². The summed E-state index contributed by atoms with van der Waals surface area (Å²) in [6, 6.07) is 1.29. The molecule has 0 bridgehead atoms. The third-order valence-corrected chi connectivity index (χ3v) is 6.80. The molecule has 8 nitrogen and oxygen atoms in total. The Kier molecular flexibility index (Phi) is 5.76. The van der Waals surface area contributed by atoms with E-state index >= 15 is 0 Å². The summed E-state index contributed by atoms with van der Waals surface area (Å²) >= 11 is 0. The fraction of sp³-hybridized carbons (Fsp3) is 0.762. The molecule has 0 amide bonds. The lowest BCUT2D eigenvalue weighted by Gasteiger charge is -2.38. The van der Waals surface area contributed by atoms with E-state index in [1.165, 1.54) is 24.1 Å². The number of hydrogen-bond donors (Lipinski definition) is 3. The Morgan fingerprint density at radius 1 is 1.14 bits per heavy atom. The van der Waals surface area contributed by atoms with Crippen LogP contribution in [0.4, 0.5) is 0 Å². The molecule has 2 aliphatic carbocycles. The van der Waals surface area contributed by atoms with Crippen LogP contribution in [0.25, 0.3) is 0 Å². The van der Waals surface area contributed by atoms with Crippen molar-refractivity contribution in [3.05, 3.63) is 23.2 Å². The number of piperazine rings is 1. The third-order valence-electron chi connectivity index (χ3n) is 6.80. The molecule has 0 radical (unpaired) electrons. The number of ether oxygens (including phenoxy) is 2. The molecule has 3 heterocycles. The van der Waals surface area contributed by atoms with Crippen molar-refractivity contribution in [1.82, 2.24) is 26.0 Å². The zero-order valence-electron chi connectivity index (χ0n) is 17.4. The van der Waals surface area contributed by atoms with Crippen molar-refractivity contribution in [2.75, 3.05) is 46.5 Å². The minimum absolute atomic E-state index is 0.196. The molecule has 3 atom stereocenters. The number of hydrogen-bond acceptors (Lipinski definition) is 8. The fourth-order valence-corrected chi connectivity index (χ4v) is 4.97. The molecule has 1 saturated carbocycles. The zero-order valence-corrected chi connectivity index (χ0v) is 17.4. The number of methoxy groups -OCH3 is 1. The van der Waals surface area contributed by atoms with Crippen molar-refractivity contribution in [1.29, 1.82) is 0 Å². The molecular weight excluding hydrogens is 368 g/mol. The summed E-state index contributed by atoms with van der Waals surface area (Å²) in [5, 5.41) is 3.46. The van der Waals surface area contributed by atoms with Gasteiger partial charge in [-0.2, -0.15) is 0 Å². The summed E-state index contributed by atoms with van der Waals surface area (Å²) in [5.41, 5.74) is 9.73. The highest BCUT2D eigenvalue weighted by Gasteiger charge is 2.37. The Bertz CT molecular complexity index is 681. The standard InChI is InChI=1S/C21H34N6O2/c1-28-10-11-29-16-4-5-18-17(12-16)21(25-24-18)19-13-20(23-14-22-19)27-8-6-26(7-9-27)15-2-3-15/h13-16,19,21,24-25H,2-12H2,1H3,(H,22,23)/t16-,19+,21+/m0/s1. The molecule has 29 heavy (non-hydrogen) atoms. The van der Waals surface area contributed by atoms with Gasteiger partial charge in [0.05, 0.1) is 37.7 Å². The lowest BCUT2D eigenvalue weighted by molar-refractivity contribution is 0.0107. The highest BCUT2D eigenvalue weighted by molar-refractivity contribution is 5.60. The van der Waals surface area contributed by atoms with Gasteiger partial charge >= 0.3 is 0 Å². The first-order valence-electron chi connectivity index (χ1n) is 11.1. The van der Waals surface area contributed by atoms with E-state index in [2.05, 4.69) is 37.0 Å². The summed E-state index contributed by atoms with van der Waals surface area (Å²) in [6.45, 7) is 5.80. The van der Waals surface area contributed by atoms with E-state index in [4.69, 9.17) is 9.47 Å². The summed E-state index contributed by atoms with van der Waals surface area (Å²) in [7, 11) is 1.72. The molecule has 0 aromatic rings. The van der Waals surface area contributed by atoms with E-state index < -0.39 is 0 Å². The topological polar surface area (TPSA) is 73.4 Å². The molecule has 0 spiro atoms.